The molecule has 0 spiro atoms. The first-order chi connectivity index (χ1) is 7.58. The maximum atomic E-state index is 11.4. The fraction of sp³-hybridized carbons (Fsp3) is 0.357. The minimum Gasteiger partial charge on any atom is -0.423 e. The first-order valence-electron chi connectivity index (χ1n) is 5.53. The molecule has 0 N–H and O–H groups in total. The molecule has 0 fully saturated rings. The van der Waals surface area contributed by atoms with Crippen LogP contribution in [0.2, 0.25) is 0 Å². The van der Waals surface area contributed by atoms with Crippen LogP contribution < -0.4 is 16.3 Å². The molecule has 0 amide bonds. The second-order valence-electron chi connectivity index (χ2n) is 3.91. The minimum absolute atomic E-state index is 0.260. The molecule has 0 saturated heterocycles. The predicted molar refractivity (Wildman–Crippen MR) is 67.5 cm³/mol. The van der Waals surface area contributed by atoms with E-state index in [9.17, 15) is 4.79 Å². The summed E-state index contributed by atoms with van der Waals surface area (Å²) in [5.74, 6) is 0.260. The number of rotatable bonds is 3. The zero-order valence-corrected chi connectivity index (χ0v) is 10.1. The summed E-state index contributed by atoms with van der Waals surface area (Å²) in [5.41, 5.74) is 1.03. The van der Waals surface area contributed by atoms with E-state index < -0.39 is 0 Å². The van der Waals surface area contributed by atoms with Gasteiger partial charge in [0.05, 0.1) is 0 Å². The van der Waals surface area contributed by atoms with Crippen molar-refractivity contribution < 1.29 is 4.42 Å². The van der Waals surface area contributed by atoms with Crippen molar-refractivity contribution in [1.82, 2.24) is 0 Å². The van der Waals surface area contributed by atoms with E-state index in [1.165, 1.54) is 0 Å². The van der Waals surface area contributed by atoms with E-state index in [4.69, 9.17) is 4.42 Å². The highest BCUT2D eigenvalue weighted by Gasteiger charge is 1.98. The Morgan fingerprint density at radius 3 is 2.81 bits per heavy atom. The molecule has 2 nitrogen and oxygen atoms in total. The average Bonchev–Trinajstić information content (AvgIpc) is 2.25. The molecule has 1 rings (SSSR count). The Morgan fingerprint density at radius 1 is 1.56 bits per heavy atom. The van der Waals surface area contributed by atoms with Gasteiger partial charge in [0, 0.05) is 10.8 Å². The molecule has 0 radical (unpaired) electrons. The molecule has 0 aliphatic carbocycles. The van der Waals surface area contributed by atoms with Crippen molar-refractivity contribution in [3.8, 4) is 0 Å². The van der Waals surface area contributed by atoms with Crippen molar-refractivity contribution in [2.45, 2.75) is 27.2 Å². The second-order valence-corrected chi connectivity index (χ2v) is 3.91. The molecule has 0 bridgehead atoms. The van der Waals surface area contributed by atoms with Crippen LogP contribution in [0.15, 0.2) is 27.9 Å². The van der Waals surface area contributed by atoms with Gasteiger partial charge in [0.2, 0.25) is 0 Å². The maximum absolute atomic E-state index is 11.4. The maximum Gasteiger partial charge on any atom is 0.339 e. The Bertz CT molecular complexity index is 535. The molecular weight excluding hydrogens is 200 g/mol. The van der Waals surface area contributed by atoms with Crippen LogP contribution in [0.25, 0.3) is 12.2 Å². The van der Waals surface area contributed by atoms with Crippen LogP contribution in [-0.2, 0) is 0 Å². The van der Waals surface area contributed by atoms with Gasteiger partial charge in [-0.1, -0.05) is 26.0 Å². The number of hydrogen-bond donors (Lipinski definition) is 0. The van der Waals surface area contributed by atoms with Crippen molar-refractivity contribution in [2.75, 3.05) is 0 Å². The van der Waals surface area contributed by atoms with Crippen LogP contribution in [0, 0.1) is 12.8 Å². The standard InChI is InChI=1S/C14H18O2/c1-5-7-13-12(8-10(3)6-2)9-11(4)14(15)16-13/h6-10H,2,5H2,1,3-4H3/b12-8-,13-7+. The van der Waals surface area contributed by atoms with Gasteiger partial charge in [-0.25, -0.2) is 4.79 Å². The molecule has 1 aromatic rings. The molecule has 0 aliphatic rings. The lowest BCUT2D eigenvalue weighted by Crippen LogP contribution is -2.30. The van der Waals surface area contributed by atoms with Crippen LogP contribution in [-0.4, -0.2) is 0 Å². The van der Waals surface area contributed by atoms with Crippen molar-refractivity contribution >= 4 is 12.2 Å². The van der Waals surface area contributed by atoms with E-state index in [2.05, 4.69) is 6.58 Å². The quantitative estimate of drug-likeness (QED) is 0.723. The molecule has 1 unspecified atom stereocenters. The molecule has 0 saturated carbocycles. The van der Waals surface area contributed by atoms with Gasteiger partial charge in [-0.05, 0) is 31.4 Å². The molecule has 1 heterocycles. The fourth-order valence-electron chi connectivity index (χ4n) is 1.43. The van der Waals surface area contributed by atoms with E-state index in [0.717, 1.165) is 11.6 Å². The Balaban J connectivity index is 3.54. The van der Waals surface area contributed by atoms with Gasteiger partial charge in [-0.2, -0.15) is 0 Å². The molecule has 0 aliphatic heterocycles. The van der Waals surface area contributed by atoms with E-state index in [1.807, 2.05) is 38.1 Å². The van der Waals surface area contributed by atoms with Gasteiger partial charge in [0.1, 0.15) is 5.42 Å². The normalized spacial score (nSPS) is 15.2. The lowest BCUT2D eigenvalue weighted by molar-refractivity contribution is 0.467. The van der Waals surface area contributed by atoms with Crippen molar-refractivity contribution in [3.05, 3.63) is 45.3 Å². The van der Waals surface area contributed by atoms with Gasteiger partial charge in [-0.3, -0.25) is 0 Å². The molecule has 86 valence electrons. The van der Waals surface area contributed by atoms with Crippen molar-refractivity contribution in [3.63, 3.8) is 0 Å². The second kappa shape index (κ2) is 5.50. The van der Waals surface area contributed by atoms with Crippen LogP contribution in [0.4, 0.5) is 0 Å². The summed E-state index contributed by atoms with van der Waals surface area (Å²) in [7, 11) is 0. The van der Waals surface area contributed by atoms with Gasteiger partial charge in [-0.15, -0.1) is 6.58 Å². The summed E-state index contributed by atoms with van der Waals surface area (Å²) in [6, 6.07) is 1.87. The summed E-state index contributed by atoms with van der Waals surface area (Å²) in [6.45, 7) is 9.56. The number of allylic oxidation sites excluding steroid dienone is 1. The van der Waals surface area contributed by atoms with Gasteiger partial charge in [0.15, 0.2) is 0 Å². The summed E-state index contributed by atoms with van der Waals surface area (Å²) >= 11 is 0. The topological polar surface area (TPSA) is 30.2 Å². The fourth-order valence-corrected chi connectivity index (χ4v) is 1.43. The number of aryl methyl sites for hydroxylation is 1. The minimum atomic E-state index is -0.261. The van der Waals surface area contributed by atoms with Gasteiger partial charge in [0.25, 0.3) is 0 Å². The average molecular weight is 218 g/mol. The predicted octanol–water partition coefficient (Wildman–Crippen LogP) is 1.74. The van der Waals surface area contributed by atoms with E-state index in [0.29, 0.717) is 11.0 Å². The van der Waals surface area contributed by atoms with E-state index in [1.54, 1.807) is 6.92 Å². The monoisotopic (exact) mass is 218 g/mol. The summed E-state index contributed by atoms with van der Waals surface area (Å²) < 4.78 is 5.25. The summed E-state index contributed by atoms with van der Waals surface area (Å²) in [4.78, 5) is 11.4. The first kappa shape index (κ1) is 12.5. The van der Waals surface area contributed by atoms with E-state index >= 15 is 0 Å². The molecule has 16 heavy (non-hydrogen) atoms. The van der Waals surface area contributed by atoms with Crippen molar-refractivity contribution in [2.24, 2.45) is 5.92 Å². The lowest BCUT2D eigenvalue weighted by atomic mass is 10.1. The molecule has 2 heteroatoms. The lowest BCUT2D eigenvalue weighted by Gasteiger charge is -1.97. The van der Waals surface area contributed by atoms with E-state index in [-0.39, 0.29) is 11.5 Å². The van der Waals surface area contributed by atoms with Crippen LogP contribution in [0.5, 0.6) is 0 Å². The van der Waals surface area contributed by atoms with Crippen LogP contribution >= 0.6 is 0 Å². The first-order valence-corrected chi connectivity index (χ1v) is 5.53. The molecular formula is C14H18O2. The third-order valence-corrected chi connectivity index (χ3v) is 2.38. The summed E-state index contributed by atoms with van der Waals surface area (Å²) in [6.07, 6.45) is 6.67. The summed E-state index contributed by atoms with van der Waals surface area (Å²) in [5, 5.41) is 0.964. The van der Waals surface area contributed by atoms with Crippen LogP contribution in [0.1, 0.15) is 25.8 Å². The Kier molecular flexibility index (Phi) is 4.29. The van der Waals surface area contributed by atoms with Crippen LogP contribution in [0.3, 0.4) is 0 Å². The smallest absolute Gasteiger partial charge is 0.339 e. The largest absolute Gasteiger partial charge is 0.423 e. The Labute approximate surface area is 95.6 Å². The van der Waals surface area contributed by atoms with Gasteiger partial charge >= 0.3 is 5.63 Å². The Hall–Kier alpha value is -1.57. The molecule has 1 aromatic heterocycles. The zero-order valence-electron chi connectivity index (χ0n) is 10.1. The highest BCUT2D eigenvalue weighted by molar-refractivity contribution is 5.32. The highest BCUT2D eigenvalue weighted by atomic mass is 16.4. The van der Waals surface area contributed by atoms with Gasteiger partial charge < -0.3 is 4.42 Å². The SMILES string of the molecule is C=CC(C)/C=c1/cc(C)c(=O)o/c1=C/CC. The highest BCUT2D eigenvalue weighted by Crippen LogP contribution is 1.95. The molecule has 0 aromatic carbocycles. The number of hydrogen-bond acceptors (Lipinski definition) is 2. The third-order valence-electron chi connectivity index (χ3n) is 2.38. The van der Waals surface area contributed by atoms with Crippen molar-refractivity contribution in [1.29, 1.82) is 0 Å². The zero-order chi connectivity index (χ0) is 12.1. The molecule has 1 atom stereocenters. The third kappa shape index (κ3) is 2.96. The Morgan fingerprint density at radius 2 is 2.25 bits per heavy atom.